The van der Waals surface area contributed by atoms with Crippen LogP contribution in [-0.4, -0.2) is 15.1 Å². The zero-order valence-electron chi connectivity index (χ0n) is 10.9. The molecule has 0 heterocycles. The van der Waals surface area contributed by atoms with Crippen LogP contribution in [0.25, 0.3) is 0 Å². The molecule has 7 fully saturated rings. The molecule has 4 unspecified atom stereocenters. The molecule has 0 amide bonds. The maximum Gasteiger partial charge on any atom is 0.115 e. The number of rotatable bonds is 1. The summed E-state index contributed by atoms with van der Waals surface area (Å²) in [6.45, 7) is 2.35. The average molecular weight is 223 g/mol. The van der Waals surface area contributed by atoms with Crippen LogP contribution in [0.3, 0.4) is 0 Å². The molecule has 87 valence electrons. The van der Waals surface area contributed by atoms with Crippen LogP contribution in [0.1, 0.15) is 38.5 Å². The van der Waals surface area contributed by atoms with Crippen LogP contribution in [0.4, 0.5) is 0 Å². The highest BCUT2D eigenvalue weighted by Crippen LogP contribution is 2.82. The van der Waals surface area contributed by atoms with Crippen molar-refractivity contribution >= 4 is 15.1 Å². The van der Waals surface area contributed by atoms with Crippen molar-refractivity contribution in [2.75, 3.05) is 0 Å². The van der Waals surface area contributed by atoms with Gasteiger partial charge in [0, 0.05) is 0 Å². The molecule has 7 rings (SSSR count). The Bertz CT molecular complexity index is 366. The zero-order chi connectivity index (χ0) is 11.4. The normalized spacial score (nSPS) is 69.9. The summed E-state index contributed by atoms with van der Waals surface area (Å²) in [5.41, 5.74) is 0. The Morgan fingerprint density at radius 3 is 2.18 bits per heavy atom. The number of hydrogen-bond donors (Lipinski definition) is 0. The van der Waals surface area contributed by atoms with Gasteiger partial charge < -0.3 is 0 Å². The standard InChI is InChI=1S/C15H21B2/c1-17-15-4-8-2-9-11-5-14(16,6-12(9)15)7-13(15)10(11)3-8/h8-13H,2-7H2,1H3. The van der Waals surface area contributed by atoms with E-state index in [9.17, 15) is 0 Å². The zero-order valence-corrected chi connectivity index (χ0v) is 10.9. The molecule has 3 radical (unpaired) electrons. The second kappa shape index (κ2) is 2.68. The van der Waals surface area contributed by atoms with Crippen LogP contribution < -0.4 is 0 Å². The van der Waals surface area contributed by atoms with Gasteiger partial charge in [0.15, 0.2) is 0 Å². The van der Waals surface area contributed by atoms with Gasteiger partial charge in [-0.1, -0.05) is 43.1 Å². The van der Waals surface area contributed by atoms with Crippen molar-refractivity contribution in [2.45, 2.75) is 56.0 Å². The van der Waals surface area contributed by atoms with E-state index in [1.165, 1.54) is 25.7 Å². The first-order chi connectivity index (χ1) is 8.15. The maximum absolute atomic E-state index is 6.70. The predicted molar refractivity (Wildman–Crippen MR) is 71.4 cm³/mol. The lowest BCUT2D eigenvalue weighted by Crippen LogP contribution is -2.67. The SMILES string of the molecule is [B]C12CC3C4CC5CC3C(C1)C([B]C)(C5)C4C2. The van der Waals surface area contributed by atoms with Gasteiger partial charge in [-0.25, -0.2) is 0 Å². The predicted octanol–water partition coefficient (Wildman–Crippen LogP) is 3.33. The Kier molecular flexibility index (Phi) is 1.57. The molecule has 0 aromatic rings. The van der Waals surface area contributed by atoms with E-state index in [4.69, 9.17) is 7.85 Å². The Morgan fingerprint density at radius 2 is 1.59 bits per heavy atom. The highest BCUT2D eigenvalue weighted by Gasteiger charge is 2.70. The molecule has 17 heavy (non-hydrogen) atoms. The summed E-state index contributed by atoms with van der Waals surface area (Å²) in [4.78, 5) is 0. The van der Waals surface area contributed by atoms with Gasteiger partial charge in [0.25, 0.3) is 0 Å². The van der Waals surface area contributed by atoms with Crippen molar-refractivity contribution < 1.29 is 0 Å². The largest absolute Gasteiger partial charge is 0.115 e. The quantitative estimate of drug-likeness (QED) is 0.598. The van der Waals surface area contributed by atoms with E-state index in [1.54, 1.807) is 12.8 Å². The van der Waals surface area contributed by atoms with Gasteiger partial charge in [-0.15, -0.1) is 0 Å². The van der Waals surface area contributed by atoms with Gasteiger partial charge in [0.2, 0.25) is 0 Å². The lowest BCUT2D eigenvalue weighted by molar-refractivity contribution is -0.189. The minimum atomic E-state index is 0.254. The van der Waals surface area contributed by atoms with Crippen molar-refractivity contribution in [1.29, 1.82) is 0 Å². The Hall–Kier alpha value is 0.130. The molecule has 0 N–H and O–H groups in total. The van der Waals surface area contributed by atoms with Crippen LogP contribution in [0.15, 0.2) is 0 Å². The molecule has 0 nitrogen and oxygen atoms in total. The van der Waals surface area contributed by atoms with E-state index >= 15 is 0 Å². The molecule has 0 spiro atoms. The summed E-state index contributed by atoms with van der Waals surface area (Å²) in [5.74, 6) is 6.19. The summed E-state index contributed by atoms with van der Waals surface area (Å²) in [7, 11) is 9.34. The van der Waals surface area contributed by atoms with Gasteiger partial charge in [-0.05, 0) is 48.3 Å². The summed E-state index contributed by atoms with van der Waals surface area (Å²) in [6, 6.07) is 0. The van der Waals surface area contributed by atoms with E-state index in [0.717, 1.165) is 35.5 Å². The highest BCUT2D eigenvalue weighted by molar-refractivity contribution is 6.39. The van der Waals surface area contributed by atoms with Crippen molar-refractivity contribution in [1.82, 2.24) is 0 Å². The minimum Gasteiger partial charge on any atom is -0.0914 e. The fraction of sp³-hybridized carbons (Fsp3) is 1.00. The summed E-state index contributed by atoms with van der Waals surface area (Å²) in [6.07, 6.45) is 8.73. The fourth-order valence-corrected chi connectivity index (χ4v) is 7.63. The third kappa shape index (κ3) is 0.921. The van der Waals surface area contributed by atoms with Crippen molar-refractivity contribution in [3.05, 3.63) is 0 Å². The van der Waals surface area contributed by atoms with E-state index in [1.807, 2.05) is 0 Å². The monoisotopic (exact) mass is 223 g/mol. The molecular formula is C15H21B2. The number of hydrogen-bond acceptors (Lipinski definition) is 0. The van der Waals surface area contributed by atoms with E-state index < -0.39 is 0 Å². The highest BCUT2D eigenvalue weighted by atomic mass is 14.7. The molecule has 8 bridgehead atoms. The lowest BCUT2D eigenvalue weighted by Gasteiger charge is -2.77. The second-order valence-electron chi connectivity index (χ2n) is 8.12. The summed E-state index contributed by atoms with van der Waals surface area (Å²) >= 11 is 0. The molecule has 7 aliphatic carbocycles. The van der Waals surface area contributed by atoms with Crippen molar-refractivity contribution in [2.24, 2.45) is 35.5 Å². The molecule has 7 saturated carbocycles. The van der Waals surface area contributed by atoms with Crippen molar-refractivity contribution in [3.8, 4) is 0 Å². The van der Waals surface area contributed by atoms with Gasteiger partial charge in [0.05, 0.1) is 7.85 Å². The molecule has 7 aliphatic rings. The molecule has 4 atom stereocenters. The molecule has 0 aliphatic heterocycles. The van der Waals surface area contributed by atoms with E-state index in [2.05, 4.69) is 14.1 Å². The molecule has 0 aromatic carbocycles. The van der Waals surface area contributed by atoms with Crippen LogP contribution in [0.5, 0.6) is 0 Å². The van der Waals surface area contributed by atoms with Crippen LogP contribution in [-0.2, 0) is 0 Å². The minimum absolute atomic E-state index is 0.254. The molecule has 2 heteroatoms. The summed E-state index contributed by atoms with van der Waals surface area (Å²) < 4.78 is 0. The topological polar surface area (TPSA) is 0 Å². The van der Waals surface area contributed by atoms with Gasteiger partial charge in [0.1, 0.15) is 7.28 Å². The smallest absolute Gasteiger partial charge is 0.0914 e. The van der Waals surface area contributed by atoms with Crippen LogP contribution in [0.2, 0.25) is 17.5 Å². The molecular weight excluding hydrogens is 202 g/mol. The van der Waals surface area contributed by atoms with Gasteiger partial charge in [-0.3, -0.25) is 0 Å². The van der Waals surface area contributed by atoms with E-state index in [0.29, 0.717) is 5.31 Å². The van der Waals surface area contributed by atoms with Crippen molar-refractivity contribution in [3.63, 3.8) is 0 Å². The first-order valence-corrected chi connectivity index (χ1v) is 7.75. The molecule has 0 aromatic heterocycles. The first-order valence-electron chi connectivity index (χ1n) is 7.75. The third-order valence-electron chi connectivity index (χ3n) is 7.80. The average Bonchev–Trinajstić information content (AvgIpc) is 2.33. The van der Waals surface area contributed by atoms with Crippen LogP contribution in [0, 0.1) is 35.5 Å². The first kappa shape index (κ1) is 9.98. The Morgan fingerprint density at radius 1 is 0.941 bits per heavy atom. The van der Waals surface area contributed by atoms with Gasteiger partial charge in [-0.2, -0.15) is 0 Å². The lowest BCUT2D eigenvalue weighted by atomic mass is 9.20. The molecule has 0 saturated heterocycles. The summed E-state index contributed by atoms with van der Waals surface area (Å²) in [5, 5.41) is 0.889. The Labute approximate surface area is 107 Å². The second-order valence-corrected chi connectivity index (χ2v) is 8.12. The Balaban J connectivity index is 1.71. The third-order valence-corrected chi connectivity index (χ3v) is 7.80. The van der Waals surface area contributed by atoms with Gasteiger partial charge >= 0.3 is 0 Å². The van der Waals surface area contributed by atoms with E-state index in [-0.39, 0.29) is 5.31 Å². The maximum atomic E-state index is 6.70. The fourth-order valence-electron chi connectivity index (χ4n) is 7.63. The van der Waals surface area contributed by atoms with Crippen LogP contribution >= 0.6 is 0 Å².